The highest BCUT2D eigenvalue weighted by Gasteiger charge is 2.03. The van der Waals surface area contributed by atoms with Crippen molar-refractivity contribution in [3.05, 3.63) is 65.9 Å². The van der Waals surface area contributed by atoms with Crippen LogP contribution in [0.5, 0.6) is 0 Å². The lowest BCUT2D eigenvalue weighted by molar-refractivity contribution is 1.36. The van der Waals surface area contributed by atoms with Crippen LogP contribution >= 0.6 is 11.6 Å². The summed E-state index contributed by atoms with van der Waals surface area (Å²) in [6, 6.07) is 16.1. The van der Waals surface area contributed by atoms with Gasteiger partial charge in [-0.2, -0.15) is 0 Å². The van der Waals surface area contributed by atoms with Gasteiger partial charge >= 0.3 is 0 Å². The summed E-state index contributed by atoms with van der Waals surface area (Å²) in [5.74, 6) is 0. The molecule has 0 N–H and O–H groups in total. The van der Waals surface area contributed by atoms with Crippen molar-refractivity contribution in [3.8, 4) is 11.1 Å². The number of benzene rings is 2. The standard InChI is InChI=1S/C15H10ClN/c16-13-6-3-5-11(8-13)15-10-17-9-12-4-1-2-7-14(12)15/h1-10H. The van der Waals surface area contributed by atoms with Crippen LogP contribution in [0, 0.1) is 0 Å². The molecule has 17 heavy (non-hydrogen) atoms. The lowest BCUT2D eigenvalue weighted by atomic mass is 10.0. The molecule has 0 aliphatic carbocycles. The van der Waals surface area contributed by atoms with E-state index in [4.69, 9.17) is 11.6 Å². The summed E-state index contributed by atoms with van der Waals surface area (Å²) in [5.41, 5.74) is 2.22. The number of hydrogen-bond acceptors (Lipinski definition) is 1. The smallest absolute Gasteiger partial charge is 0.0412 e. The predicted molar refractivity (Wildman–Crippen MR) is 72.2 cm³/mol. The van der Waals surface area contributed by atoms with Crippen molar-refractivity contribution in [2.45, 2.75) is 0 Å². The molecule has 0 radical (unpaired) electrons. The summed E-state index contributed by atoms with van der Waals surface area (Å²) in [5, 5.41) is 3.09. The van der Waals surface area contributed by atoms with Gasteiger partial charge in [0.05, 0.1) is 0 Å². The second kappa shape index (κ2) is 4.19. The molecule has 0 atom stereocenters. The van der Waals surface area contributed by atoms with Crippen LogP contribution in [0.15, 0.2) is 60.9 Å². The second-order valence-corrected chi connectivity index (χ2v) is 4.35. The monoisotopic (exact) mass is 239 g/mol. The van der Waals surface area contributed by atoms with Crippen molar-refractivity contribution in [1.29, 1.82) is 0 Å². The van der Waals surface area contributed by atoms with Gasteiger partial charge in [-0.05, 0) is 23.1 Å². The molecule has 0 aliphatic rings. The molecule has 0 unspecified atom stereocenters. The predicted octanol–water partition coefficient (Wildman–Crippen LogP) is 4.56. The molecule has 0 saturated heterocycles. The van der Waals surface area contributed by atoms with E-state index in [2.05, 4.69) is 23.2 Å². The maximum Gasteiger partial charge on any atom is 0.0412 e. The zero-order valence-electron chi connectivity index (χ0n) is 9.10. The Kier molecular flexibility index (Phi) is 2.54. The summed E-state index contributed by atoms with van der Waals surface area (Å²) < 4.78 is 0. The van der Waals surface area contributed by atoms with Crippen molar-refractivity contribution >= 4 is 22.4 Å². The van der Waals surface area contributed by atoms with Crippen LogP contribution in [0.25, 0.3) is 21.9 Å². The first kappa shape index (κ1) is 10.3. The van der Waals surface area contributed by atoms with Crippen LogP contribution in [0.1, 0.15) is 0 Å². The molecule has 0 aliphatic heterocycles. The number of nitrogens with zero attached hydrogens (tertiary/aromatic N) is 1. The fraction of sp³-hybridized carbons (Fsp3) is 0. The molecule has 1 nitrogen and oxygen atoms in total. The zero-order valence-corrected chi connectivity index (χ0v) is 9.85. The van der Waals surface area contributed by atoms with E-state index >= 15 is 0 Å². The van der Waals surface area contributed by atoms with E-state index in [-0.39, 0.29) is 0 Å². The summed E-state index contributed by atoms with van der Waals surface area (Å²) in [7, 11) is 0. The van der Waals surface area contributed by atoms with Crippen molar-refractivity contribution in [3.63, 3.8) is 0 Å². The zero-order chi connectivity index (χ0) is 11.7. The first-order chi connectivity index (χ1) is 8.34. The number of rotatable bonds is 1. The number of halogens is 1. The maximum absolute atomic E-state index is 6.03. The minimum Gasteiger partial charge on any atom is -0.263 e. The molecule has 1 heterocycles. The fourth-order valence-electron chi connectivity index (χ4n) is 2.00. The fourth-order valence-corrected chi connectivity index (χ4v) is 2.19. The molecule has 2 heteroatoms. The van der Waals surface area contributed by atoms with Crippen molar-refractivity contribution in [1.82, 2.24) is 4.98 Å². The molecular weight excluding hydrogens is 230 g/mol. The molecule has 1 aromatic heterocycles. The Morgan fingerprint density at radius 3 is 2.65 bits per heavy atom. The van der Waals surface area contributed by atoms with Crippen molar-refractivity contribution in [2.75, 3.05) is 0 Å². The molecule has 3 aromatic rings. The molecule has 0 amide bonds. The molecule has 0 saturated carbocycles. The number of fused-ring (bicyclic) bond motifs is 1. The average Bonchev–Trinajstić information content (AvgIpc) is 2.38. The van der Waals surface area contributed by atoms with E-state index in [1.807, 2.05) is 42.7 Å². The Morgan fingerprint density at radius 1 is 0.882 bits per heavy atom. The summed E-state index contributed by atoms with van der Waals surface area (Å²) in [6.07, 6.45) is 3.76. The lowest BCUT2D eigenvalue weighted by Gasteiger charge is -2.06. The highest BCUT2D eigenvalue weighted by Crippen LogP contribution is 2.28. The normalized spacial score (nSPS) is 10.6. The Hall–Kier alpha value is -1.86. The average molecular weight is 240 g/mol. The molecular formula is C15H10ClN. The topological polar surface area (TPSA) is 12.9 Å². The lowest BCUT2D eigenvalue weighted by Crippen LogP contribution is -1.83. The Balaban J connectivity index is 2.30. The molecule has 2 aromatic carbocycles. The van der Waals surface area contributed by atoms with Gasteiger partial charge in [0.25, 0.3) is 0 Å². The molecule has 0 bridgehead atoms. The third-order valence-electron chi connectivity index (χ3n) is 2.80. The van der Waals surface area contributed by atoms with Gasteiger partial charge in [-0.1, -0.05) is 48.0 Å². The Bertz CT molecular complexity index is 671. The Morgan fingerprint density at radius 2 is 1.76 bits per heavy atom. The van der Waals surface area contributed by atoms with Gasteiger partial charge in [0.15, 0.2) is 0 Å². The van der Waals surface area contributed by atoms with Crippen LogP contribution in [0.2, 0.25) is 5.02 Å². The quantitative estimate of drug-likeness (QED) is 0.607. The van der Waals surface area contributed by atoms with Crippen molar-refractivity contribution in [2.24, 2.45) is 0 Å². The first-order valence-corrected chi connectivity index (χ1v) is 5.81. The Labute approximate surface area is 105 Å². The number of hydrogen-bond donors (Lipinski definition) is 0. The van der Waals surface area contributed by atoms with E-state index in [0.717, 1.165) is 21.5 Å². The van der Waals surface area contributed by atoms with Gasteiger partial charge in [0.1, 0.15) is 0 Å². The van der Waals surface area contributed by atoms with E-state index < -0.39 is 0 Å². The highest BCUT2D eigenvalue weighted by atomic mass is 35.5. The minimum absolute atomic E-state index is 0.746. The summed E-state index contributed by atoms with van der Waals surface area (Å²) in [4.78, 5) is 4.28. The van der Waals surface area contributed by atoms with Gasteiger partial charge < -0.3 is 0 Å². The van der Waals surface area contributed by atoms with E-state index in [1.165, 1.54) is 5.39 Å². The van der Waals surface area contributed by atoms with Crippen LogP contribution in [-0.4, -0.2) is 4.98 Å². The maximum atomic E-state index is 6.03. The van der Waals surface area contributed by atoms with Gasteiger partial charge in [-0.15, -0.1) is 0 Å². The van der Waals surface area contributed by atoms with Crippen LogP contribution < -0.4 is 0 Å². The summed E-state index contributed by atoms with van der Waals surface area (Å²) >= 11 is 6.03. The summed E-state index contributed by atoms with van der Waals surface area (Å²) in [6.45, 7) is 0. The van der Waals surface area contributed by atoms with Gasteiger partial charge in [0.2, 0.25) is 0 Å². The highest BCUT2D eigenvalue weighted by molar-refractivity contribution is 6.30. The largest absolute Gasteiger partial charge is 0.263 e. The third kappa shape index (κ3) is 1.90. The van der Waals surface area contributed by atoms with Crippen LogP contribution in [0.3, 0.4) is 0 Å². The molecule has 0 fully saturated rings. The molecule has 3 rings (SSSR count). The first-order valence-electron chi connectivity index (χ1n) is 5.43. The van der Waals surface area contributed by atoms with Gasteiger partial charge in [0, 0.05) is 28.4 Å². The van der Waals surface area contributed by atoms with E-state index in [0.29, 0.717) is 0 Å². The van der Waals surface area contributed by atoms with Crippen LogP contribution in [0.4, 0.5) is 0 Å². The molecule has 82 valence electrons. The number of aromatic nitrogens is 1. The van der Waals surface area contributed by atoms with Gasteiger partial charge in [-0.3, -0.25) is 4.98 Å². The number of pyridine rings is 1. The SMILES string of the molecule is Clc1cccc(-c2cncc3ccccc23)c1. The third-order valence-corrected chi connectivity index (χ3v) is 3.04. The molecule has 0 spiro atoms. The van der Waals surface area contributed by atoms with E-state index in [9.17, 15) is 0 Å². The van der Waals surface area contributed by atoms with Crippen LogP contribution in [-0.2, 0) is 0 Å². The minimum atomic E-state index is 0.746. The van der Waals surface area contributed by atoms with Gasteiger partial charge in [-0.25, -0.2) is 0 Å². The second-order valence-electron chi connectivity index (χ2n) is 3.92. The van der Waals surface area contributed by atoms with E-state index in [1.54, 1.807) is 0 Å². The van der Waals surface area contributed by atoms with Crippen molar-refractivity contribution < 1.29 is 0 Å².